The van der Waals surface area contributed by atoms with E-state index in [1.54, 1.807) is 17.1 Å². The van der Waals surface area contributed by atoms with Crippen LogP contribution in [0.25, 0.3) is 0 Å². The molecular formula is C16H21ClN4O. The predicted octanol–water partition coefficient (Wildman–Crippen LogP) is 2.27. The number of β-amino-alcohol motifs (C(OH)–C–C–N with tert-alkyl or cyclic N) is 1. The molecule has 118 valence electrons. The Hall–Kier alpha value is -1.43. The van der Waals surface area contributed by atoms with Crippen molar-refractivity contribution in [2.75, 3.05) is 13.1 Å². The molecule has 5 nitrogen and oxygen atoms in total. The smallest absolute Gasteiger partial charge is 0.0970 e. The van der Waals surface area contributed by atoms with Crippen LogP contribution < -0.4 is 0 Å². The summed E-state index contributed by atoms with van der Waals surface area (Å²) in [6, 6.07) is 5.99. The minimum absolute atomic E-state index is 0.489. The Kier molecular flexibility index (Phi) is 4.47. The molecule has 22 heavy (non-hydrogen) atoms. The fourth-order valence-corrected chi connectivity index (χ4v) is 3.39. The number of likely N-dealkylation sites (tertiary alicyclic amines) is 1. The van der Waals surface area contributed by atoms with Crippen molar-refractivity contribution in [2.24, 2.45) is 0 Å². The highest BCUT2D eigenvalue weighted by molar-refractivity contribution is 6.30. The predicted molar refractivity (Wildman–Crippen MR) is 85.7 cm³/mol. The molecular weight excluding hydrogens is 300 g/mol. The highest BCUT2D eigenvalue weighted by Gasteiger charge is 2.34. The summed E-state index contributed by atoms with van der Waals surface area (Å²) >= 11 is 6.02. The first-order valence-electron chi connectivity index (χ1n) is 7.58. The van der Waals surface area contributed by atoms with Crippen molar-refractivity contribution in [3.8, 4) is 0 Å². The summed E-state index contributed by atoms with van der Waals surface area (Å²) < 4.78 is 1.71. The van der Waals surface area contributed by atoms with Crippen LogP contribution >= 0.6 is 11.6 Å². The zero-order valence-electron chi connectivity index (χ0n) is 12.7. The van der Waals surface area contributed by atoms with Crippen molar-refractivity contribution < 1.29 is 5.11 Å². The van der Waals surface area contributed by atoms with Crippen molar-refractivity contribution in [2.45, 2.75) is 38.5 Å². The second-order valence-corrected chi connectivity index (χ2v) is 6.65. The van der Waals surface area contributed by atoms with Gasteiger partial charge in [-0.15, -0.1) is 5.10 Å². The quantitative estimate of drug-likeness (QED) is 0.939. The van der Waals surface area contributed by atoms with Gasteiger partial charge in [0.25, 0.3) is 0 Å². The van der Waals surface area contributed by atoms with Crippen molar-refractivity contribution in [3.63, 3.8) is 0 Å². The number of hydrogen-bond acceptors (Lipinski definition) is 4. The van der Waals surface area contributed by atoms with Gasteiger partial charge in [-0.25, -0.2) is 4.68 Å². The number of halogens is 1. The molecule has 0 amide bonds. The number of rotatable bonds is 4. The third-order valence-electron chi connectivity index (χ3n) is 4.26. The topological polar surface area (TPSA) is 54.2 Å². The molecule has 1 aromatic heterocycles. The molecule has 1 fully saturated rings. The summed E-state index contributed by atoms with van der Waals surface area (Å²) in [7, 11) is 0. The second kappa shape index (κ2) is 6.36. The molecule has 0 bridgehead atoms. The molecule has 1 aliphatic heterocycles. The van der Waals surface area contributed by atoms with Gasteiger partial charge in [-0.1, -0.05) is 22.9 Å². The van der Waals surface area contributed by atoms with Crippen LogP contribution in [0, 0.1) is 6.92 Å². The van der Waals surface area contributed by atoms with Gasteiger partial charge in [-0.3, -0.25) is 4.90 Å². The van der Waals surface area contributed by atoms with Crippen molar-refractivity contribution in [1.29, 1.82) is 0 Å². The molecule has 1 aromatic carbocycles. The van der Waals surface area contributed by atoms with Crippen LogP contribution in [-0.4, -0.2) is 43.7 Å². The lowest BCUT2D eigenvalue weighted by molar-refractivity contribution is -0.0478. The van der Waals surface area contributed by atoms with Crippen molar-refractivity contribution >= 4 is 11.6 Å². The van der Waals surface area contributed by atoms with Gasteiger partial charge in [0.1, 0.15) is 0 Å². The first-order valence-corrected chi connectivity index (χ1v) is 7.96. The molecule has 1 atom stereocenters. The van der Waals surface area contributed by atoms with Crippen molar-refractivity contribution in [3.05, 3.63) is 46.7 Å². The monoisotopic (exact) mass is 320 g/mol. The van der Waals surface area contributed by atoms with E-state index in [-0.39, 0.29) is 0 Å². The Morgan fingerprint density at radius 3 is 3.00 bits per heavy atom. The summed E-state index contributed by atoms with van der Waals surface area (Å²) in [4.78, 5) is 2.30. The van der Waals surface area contributed by atoms with Crippen LogP contribution in [0.4, 0.5) is 0 Å². The molecule has 1 saturated heterocycles. The van der Waals surface area contributed by atoms with Gasteiger partial charge in [-0.2, -0.15) is 0 Å². The molecule has 0 aliphatic carbocycles. The fourth-order valence-electron chi connectivity index (χ4n) is 3.17. The molecule has 0 spiro atoms. The summed E-state index contributed by atoms with van der Waals surface area (Å²) in [5.74, 6) is 0. The van der Waals surface area contributed by atoms with Gasteiger partial charge in [0, 0.05) is 24.3 Å². The first-order chi connectivity index (χ1) is 10.5. The van der Waals surface area contributed by atoms with E-state index in [1.165, 1.54) is 11.1 Å². The molecule has 1 N–H and O–H groups in total. The van der Waals surface area contributed by atoms with Gasteiger partial charge >= 0.3 is 0 Å². The zero-order chi connectivity index (χ0) is 15.6. The van der Waals surface area contributed by atoms with Crippen LogP contribution in [0.1, 0.15) is 24.0 Å². The van der Waals surface area contributed by atoms with Crippen LogP contribution in [-0.2, 0) is 13.1 Å². The minimum atomic E-state index is -0.744. The Morgan fingerprint density at radius 2 is 2.27 bits per heavy atom. The molecule has 0 radical (unpaired) electrons. The van der Waals surface area contributed by atoms with E-state index in [1.807, 2.05) is 12.1 Å². The number of aryl methyl sites for hydroxylation is 1. The van der Waals surface area contributed by atoms with E-state index in [0.29, 0.717) is 13.1 Å². The van der Waals surface area contributed by atoms with Crippen molar-refractivity contribution in [1.82, 2.24) is 19.9 Å². The average Bonchev–Trinajstić information content (AvgIpc) is 2.94. The minimum Gasteiger partial charge on any atom is -0.387 e. The maximum Gasteiger partial charge on any atom is 0.0970 e. The van der Waals surface area contributed by atoms with Gasteiger partial charge in [-0.05, 0) is 49.6 Å². The Balaban J connectivity index is 1.67. The van der Waals surface area contributed by atoms with E-state index in [2.05, 4.69) is 28.2 Å². The number of aromatic nitrogens is 3. The van der Waals surface area contributed by atoms with Crippen LogP contribution in [0.15, 0.2) is 30.6 Å². The summed E-state index contributed by atoms with van der Waals surface area (Å²) in [6.45, 7) is 5.05. The number of nitrogens with zero attached hydrogens (tertiary/aromatic N) is 4. The number of hydrogen-bond donors (Lipinski definition) is 1. The number of aliphatic hydroxyl groups is 1. The van der Waals surface area contributed by atoms with Crippen LogP contribution in [0.3, 0.4) is 0 Å². The van der Waals surface area contributed by atoms with Gasteiger partial charge in [0.05, 0.1) is 18.3 Å². The lowest BCUT2D eigenvalue weighted by Gasteiger charge is -2.39. The standard InChI is InChI=1S/C16H21ClN4O/c1-13-9-15(17)4-3-14(13)10-20-7-2-5-16(22,11-20)12-21-8-6-18-19-21/h3-4,6,8-9,22H,2,5,7,10-12H2,1H3. The third-order valence-corrected chi connectivity index (χ3v) is 4.50. The van der Waals surface area contributed by atoms with E-state index < -0.39 is 5.60 Å². The fraction of sp³-hybridized carbons (Fsp3) is 0.500. The summed E-state index contributed by atoms with van der Waals surface area (Å²) in [5.41, 5.74) is 1.71. The first kappa shape index (κ1) is 15.5. The highest BCUT2D eigenvalue weighted by atomic mass is 35.5. The summed E-state index contributed by atoms with van der Waals surface area (Å²) in [6.07, 6.45) is 5.21. The Morgan fingerprint density at radius 1 is 1.41 bits per heavy atom. The van der Waals surface area contributed by atoms with Crippen LogP contribution in [0.2, 0.25) is 5.02 Å². The highest BCUT2D eigenvalue weighted by Crippen LogP contribution is 2.25. The third kappa shape index (κ3) is 3.66. The zero-order valence-corrected chi connectivity index (χ0v) is 13.5. The van der Waals surface area contributed by atoms with E-state index in [4.69, 9.17) is 11.6 Å². The van der Waals surface area contributed by atoms with Gasteiger partial charge in [0.2, 0.25) is 0 Å². The number of piperidine rings is 1. The van der Waals surface area contributed by atoms with E-state index in [0.717, 1.165) is 31.0 Å². The van der Waals surface area contributed by atoms with Gasteiger partial charge in [0.15, 0.2) is 0 Å². The Bertz CT molecular complexity index is 631. The average molecular weight is 321 g/mol. The molecule has 6 heteroatoms. The molecule has 1 aliphatic rings. The molecule has 2 aromatic rings. The maximum atomic E-state index is 10.9. The van der Waals surface area contributed by atoms with E-state index in [9.17, 15) is 5.11 Å². The molecule has 3 rings (SSSR count). The second-order valence-electron chi connectivity index (χ2n) is 6.21. The molecule has 2 heterocycles. The number of benzene rings is 1. The van der Waals surface area contributed by atoms with E-state index >= 15 is 0 Å². The summed E-state index contributed by atoms with van der Waals surface area (Å²) in [5, 5.41) is 19.4. The van der Waals surface area contributed by atoms with Gasteiger partial charge < -0.3 is 5.11 Å². The normalized spacial score (nSPS) is 22.9. The van der Waals surface area contributed by atoms with Crippen LogP contribution in [0.5, 0.6) is 0 Å². The lowest BCUT2D eigenvalue weighted by Crippen LogP contribution is -2.50. The molecule has 0 saturated carbocycles. The largest absolute Gasteiger partial charge is 0.387 e. The molecule has 1 unspecified atom stereocenters. The SMILES string of the molecule is Cc1cc(Cl)ccc1CN1CCCC(O)(Cn2ccnn2)C1. The lowest BCUT2D eigenvalue weighted by atomic mass is 9.92. The maximum absolute atomic E-state index is 10.9. The Labute approximate surface area is 135 Å².